The van der Waals surface area contributed by atoms with Crippen LogP contribution < -0.4 is 0 Å². The molecule has 0 saturated carbocycles. The Bertz CT molecular complexity index is 132. The second-order valence-electron chi connectivity index (χ2n) is 2.27. The fourth-order valence-electron chi connectivity index (χ4n) is 0.605. The van der Waals surface area contributed by atoms with Gasteiger partial charge in [0.25, 0.3) is 0 Å². The number of carbonyl (C=O) groups excluding carboxylic acids is 1. The molecule has 0 N–H and O–H groups in total. The van der Waals surface area contributed by atoms with E-state index < -0.39 is 9.04 Å². The maximum absolute atomic E-state index is 9.66. The number of isocyanates is 1. The summed E-state index contributed by atoms with van der Waals surface area (Å²) in [6, 6.07) is 0. The summed E-state index contributed by atoms with van der Waals surface area (Å²) < 4.78 is 5.38. The topological polar surface area (TPSA) is 38.7 Å². The van der Waals surface area contributed by atoms with Gasteiger partial charge < -0.3 is 4.43 Å². The van der Waals surface area contributed by atoms with Crippen molar-refractivity contribution < 1.29 is 9.22 Å². The van der Waals surface area contributed by atoms with Crippen molar-refractivity contribution in [3.8, 4) is 0 Å². The van der Waals surface area contributed by atoms with Crippen molar-refractivity contribution in [1.29, 1.82) is 0 Å². The Labute approximate surface area is 62.8 Å². The Kier molecular flexibility index (Phi) is 5.11. The highest BCUT2D eigenvalue weighted by Crippen LogP contribution is 1.93. The van der Waals surface area contributed by atoms with Crippen LogP contribution in [0.2, 0.25) is 13.1 Å². The summed E-state index contributed by atoms with van der Waals surface area (Å²) in [5.74, 6) is 0. The number of aliphatic imine (C=N–C) groups is 1. The van der Waals surface area contributed by atoms with Gasteiger partial charge in [-0.25, -0.2) is 9.79 Å². The van der Waals surface area contributed by atoms with Gasteiger partial charge in [0.2, 0.25) is 15.1 Å². The maximum atomic E-state index is 9.66. The van der Waals surface area contributed by atoms with Crippen LogP contribution >= 0.6 is 0 Å². The van der Waals surface area contributed by atoms with Crippen molar-refractivity contribution in [3.05, 3.63) is 0 Å². The van der Waals surface area contributed by atoms with Gasteiger partial charge in [-0.2, -0.15) is 0 Å². The summed E-state index contributed by atoms with van der Waals surface area (Å²) in [6.45, 7) is 6.43. The highest BCUT2D eigenvalue weighted by Gasteiger charge is 2.03. The molecule has 0 aromatic heterocycles. The molecule has 0 aliphatic heterocycles. The van der Waals surface area contributed by atoms with Crippen LogP contribution in [-0.2, 0) is 9.22 Å². The van der Waals surface area contributed by atoms with E-state index in [0.29, 0.717) is 6.54 Å². The SMILES string of the molecule is CC(CN=C=O)O[Si](C)C. The fourth-order valence-corrected chi connectivity index (χ4v) is 1.48. The van der Waals surface area contributed by atoms with Crippen molar-refractivity contribution in [2.24, 2.45) is 4.99 Å². The van der Waals surface area contributed by atoms with Crippen LogP contribution in [0.1, 0.15) is 6.92 Å². The Morgan fingerprint density at radius 1 is 1.70 bits per heavy atom. The van der Waals surface area contributed by atoms with E-state index in [4.69, 9.17) is 4.43 Å². The zero-order valence-electron chi connectivity index (χ0n) is 6.55. The number of hydrogen-bond acceptors (Lipinski definition) is 3. The van der Waals surface area contributed by atoms with Gasteiger partial charge in [-0.1, -0.05) is 0 Å². The van der Waals surface area contributed by atoms with Gasteiger partial charge in [0.15, 0.2) is 0 Å². The van der Waals surface area contributed by atoms with Crippen molar-refractivity contribution in [3.63, 3.8) is 0 Å². The predicted octanol–water partition coefficient (Wildman–Crippen LogP) is 0.978. The van der Waals surface area contributed by atoms with Crippen LogP contribution in [0.25, 0.3) is 0 Å². The number of hydrogen-bond donors (Lipinski definition) is 0. The first kappa shape index (κ1) is 9.56. The minimum atomic E-state index is -0.654. The maximum Gasteiger partial charge on any atom is 0.235 e. The van der Waals surface area contributed by atoms with Crippen molar-refractivity contribution >= 4 is 15.1 Å². The monoisotopic (exact) mass is 158 g/mol. The van der Waals surface area contributed by atoms with Crippen LogP contribution in [-0.4, -0.2) is 27.8 Å². The van der Waals surface area contributed by atoms with E-state index >= 15 is 0 Å². The summed E-state index contributed by atoms with van der Waals surface area (Å²) in [5, 5.41) is 0. The van der Waals surface area contributed by atoms with Crippen molar-refractivity contribution in [2.75, 3.05) is 6.54 Å². The summed E-state index contributed by atoms with van der Waals surface area (Å²) in [4.78, 5) is 13.1. The van der Waals surface area contributed by atoms with Gasteiger partial charge in [0, 0.05) is 0 Å². The molecule has 0 saturated heterocycles. The lowest BCUT2D eigenvalue weighted by Gasteiger charge is -2.11. The molecule has 1 atom stereocenters. The second kappa shape index (κ2) is 5.35. The normalized spacial score (nSPS) is 12.8. The molecule has 0 fully saturated rings. The zero-order valence-corrected chi connectivity index (χ0v) is 7.55. The van der Waals surface area contributed by atoms with Crippen molar-refractivity contribution in [2.45, 2.75) is 26.1 Å². The van der Waals surface area contributed by atoms with Gasteiger partial charge in [-0.15, -0.1) is 0 Å². The third kappa shape index (κ3) is 5.69. The molecule has 0 spiro atoms. The lowest BCUT2D eigenvalue weighted by Crippen LogP contribution is -2.19. The molecule has 0 heterocycles. The van der Waals surface area contributed by atoms with E-state index in [9.17, 15) is 4.79 Å². The average molecular weight is 158 g/mol. The molecule has 1 unspecified atom stereocenters. The lowest BCUT2D eigenvalue weighted by molar-refractivity contribution is 0.235. The standard InChI is InChI=1S/C6H12NO2Si/c1-6(4-7-5-8)9-10(2)3/h6H,4H2,1-3H3. The van der Waals surface area contributed by atoms with Crippen molar-refractivity contribution in [1.82, 2.24) is 0 Å². The highest BCUT2D eigenvalue weighted by molar-refractivity contribution is 6.48. The minimum absolute atomic E-state index is 0.0605. The van der Waals surface area contributed by atoms with Crippen LogP contribution in [0.5, 0.6) is 0 Å². The Balaban J connectivity index is 3.42. The number of rotatable bonds is 4. The summed E-state index contributed by atoms with van der Waals surface area (Å²) in [7, 11) is -0.654. The largest absolute Gasteiger partial charge is 0.413 e. The van der Waals surface area contributed by atoms with E-state index in [1.807, 2.05) is 20.0 Å². The first-order valence-electron chi connectivity index (χ1n) is 3.17. The van der Waals surface area contributed by atoms with Crippen LogP contribution in [0.15, 0.2) is 4.99 Å². The molecule has 3 nitrogen and oxygen atoms in total. The van der Waals surface area contributed by atoms with Crippen LogP contribution in [0.4, 0.5) is 0 Å². The van der Waals surface area contributed by atoms with Gasteiger partial charge in [-0.05, 0) is 20.0 Å². The summed E-state index contributed by atoms with van der Waals surface area (Å²) in [5.41, 5.74) is 0. The molecule has 0 rings (SSSR count). The molecule has 0 amide bonds. The Hall–Kier alpha value is -0.443. The molecule has 0 bridgehead atoms. The quantitative estimate of drug-likeness (QED) is 0.347. The summed E-state index contributed by atoms with van der Waals surface area (Å²) in [6.07, 6.45) is 1.54. The minimum Gasteiger partial charge on any atom is -0.413 e. The molecule has 0 aromatic carbocycles. The van der Waals surface area contributed by atoms with E-state index in [0.717, 1.165) is 0 Å². The third-order valence-corrected chi connectivity index (χ3v) is 1.72. The molecule has 0 aliphatic carbocycles. The second-order valence-corrected chi connectivity index (χ2v) is 4.32. The molecular formula is C6H12NO2Si. The van der Waals surface area contributed by atoms with Crippen LogP contribution in [0.3, 0.4) is 0 Å². The van der Waals surface area contributed by atoms with E-state index in [2.05, 4.69) is 4.99 Å². The van der Waals surface area contributed by atoms with E-state index in [-0.39, 0.29) is 6.10 Å². The molecule has 10 heavy (non-hydrogen) atoms. The molecular weight excluding hydrogens is 146 g/mol. The average Bonchev–Trinajstić information content (AvgIpc) is 1.82. The highest BCUT2D eigenvalue weighted by atomic mass is 28.3. The Morgan fingerprint density at radius 2 is 2.30 bits per heavy atom. The first-order chi connectivity index (χ1) is 4.66. The first-order valence-corrected chi connectivity index (χ1v) is 5.58. The lowest BCUT2D eigenvalue weighted by atomic mass is 10.4. The molecule has 0 aromatic rings. The molecule has 1 radical (unpaired) electrons. The van der Waals surface area contributed by atoms with Gasteiger partial charge in [-0.3, -0.25) is 0 Å². The third-order valence-electron chi connectivity index (χ3n) is 0.850. The molecule has 57 valence electrons. The van der Waals surface area contributed by atoms with E-state index in [1.165, 1.54) is 6.08 Å². The van der Waals surface area contributed by atoms with Gasteiger partial charge in [0.05, 0.1) is 12.6 Å². The molecule has 4 heteroatoms. The zero-order chi connectivity index (χ0) is 7.98. The van der Waals surface area contributed by atoms with Gasteiger partial charge in [0.1, 0.15) is 0 Å². The predicted molar refractivity (Wildman–Crippen MR) is 41.0 cm³/mol. The number of nitrogens with zero attached hydrogens (tertiary/aromatic N) is 1. The summed E-state index contributed by atoms with van der Waals surface area (Å²) >= 11 is 0. The molecule has 0 aliphatic rings. The van der Waals surface area contributed by atoms with Gasteiger partial charge >= 0.3 is 0 Å². The fraction of sp³-hybridized carbons (Fsp3) is 0.833. The smallest absolute Gasteiger partial charge is 0.235 e. The van der Waals surface area contributed by atoms with E-state index in [1.54, 1.807) is 0 Å². The Morgan fingerprint density at radius 3 is 2.70 bits per heavy atom. The van der Waals surface area contributed by atoms with Crippen LogP contribution in [0, 0.1) is 0 Å².